The number of halogens is 1. The monoisotopic (exact) mass is 375 g/mol. The molecule has 2 saturated carbocycles. The Morgan fingerprint density at radius 2 is 2.00 bits per heavy atom. The Hall–Kier alpha value is -2.02. The van der Waals surface area contributed by atoms with Gasteiger partial charge in [0, 0.05) is 32.8 Å². The number of hydrogen-bond donors (Lipinski definition) is 1. The van der Waals surface area contributed by atoms with Gasteiger partial charge >= 0.3 is 0 Å². The van der Waals surface area contributed by atoms with E-state index in [1.165, 1.54) is 32.0 Å². The third-order valence-corrected chi connectivity index (χ3v) is 5.99. The van der Waals surface area contributed by atoms with Crippen LogP contribution in [0.3, 0.4) is 0 Å². The van der Waals surface area contributed by atoms with E-state index < -0.39 is 5.82 Å². The van der Waals surface area contributed by atoms with Crippen molar-refractivity contribution in [2.75, 3.05) is 19.7 Å². The van der Waals surface area contributed by atoms with Crippen LogP contribution in [0.5, 0.6) is 0 Å². The first-order chi connectivity index (χ1) is 13.0. The van der Waals surface area contributed by atoms with E-state index in [0.29, 0.717) is 30.8 Å². The molecule has 1 N–H and O–H groups in total. The molecule has 146 valence electrons. The largest absolute Gasteiger partial charge is 0.376 e. The van der Waals surface area contributed by atoms with Crippen LogP contribution in [0.15, 0.2) is 18.5 Å². The first-order valence-corrected chi connectivity index (χ1v) is 9.78. The summed E-state index contributed by atoms with van der Waals surface area (Å²) in [5, 5.41) is 3.04. The number of hydrogen-bond acceptors (Lipinski definition) is 4. The number of aromatic nitrogens is 1. The van der Waals surface area contributed by atoms with Crippen LogP contribution in [0.2, 0.25) is 0 Å². The number of fused-ring (bicyclic) bond motifs is 1. The van der Waals surface area contributed by atoms with Crippen LogP contribution in [0.1, 0.15) is 43.0 Å². The molecule has 0 bridgehead atoms. The third kappa shape index (κ3) is 4.29. The maximum absolute atomic E-state index is 13.4. The minimum Gasteiger partial charge on any atom is -0.376 e. The third-order valence-electron chi connectivity index (χ3n) is 5.99. The summed E-state index contributed by atoms with van der Waals surface area (Å²) in [4.78, 5) is 29.9. The van der Waals surface area contributed by atoms with Gasteiger partial charge < -0.3 is 15.0 Å². The van der Waals surface area contributed by atoms with Gasteiger partial charge in [-0.3, -0.25) is 14.6 Å². The van der Waals surface area contributed by atoms with Crippen LogP contribution >= 0.6 is 0 Å². The molecule has 7 heteroatoms. The lowest BCUT2D eigenvalue weighted by Gasteiger charge is -2.38. The van der Waals surface area contributed by atoms with Gasteiger partial charge in [0.2, 0.25) is 5.91 Å². The molecule has 1 aromatic rings. The molecular formula is C20H26FN3O3. The average molecular weight is 375 g/mol. The Morgan fingerprint density at radius 1 is 1.26 bits per heavy atom. The summed E-state index contributed by atoms with van der Waals surface area (Å²) >= 11 is 0. The molecule has 2 heterocycles. The van der Waals surface area contributed by atoms with E-state index in [1.54, 1.807) is 4.90 Å². The van der Waals surface area contributed by atoms with E-state index in [0.717, 1.165) is 25.6 Å². The van der Waals surface area contributed by atoms with Crippen molar-refractivity contribution in [2.45, 2.75) is 44.8 Å². The first-order valence-electron chi connectivity index (χ1n) is 9.78. The van der Waals surface area contributed by atoms with Gasteiger partial charge in [-0.1, -0.05) is 0 Å². The highest BCUT2D eigenvalue weighted by atomic mass is 19.1. The fourth-order valence-electron chi connectivity index (χ4n) is 4.43. The van der Waals surface area contributed by atoms with Crippen molar-refractivity contribution in [3.63, 3.8) is 0 Å². The summed E-state index contributed by atoms with van der Waals surface area (Å²) in [5.74, 6) is 0.621. The van der Waals surface area contributed by atoms with Gasteiger partial charge in [-0.05, 0) is 49.5 Å². The van der Waals surface area contributed by atoms with Crippen molar-refractivity contribution in [3.05, 3.63) is 29.8 Å². The zero-order valence-electron chi connectivity index (χ0n) is 15.6. The lowest BCUT2D eigenvalue weighted by molar-refractivity contribution is -0.122. The van der Waals surface area contributed by atoms with Crippen LogP contribution < -0.4 is 5.32 Å². The zero-order valence-corrected chi connectivity index (χ0v) is 15.6. The van der Waals surface area contributed by atoms with Crippen molar-refractivity contribution in [3.8, 4) is 0 Å². The molecule has 0 radical (unpaired) electrons. The molecule has 6 nitrogen and oxygen atoms in total. The molecule has 3 fully saturated rings. The van der Waals surface area contributed by atoms with E-state index in [9.17, 15) is 14.0 Å². The molecule has 1 saturated heterocycles. The number of nitrogens with one attached hydrogen (secondary N) is 1. The molecule has 2 amide bonds. The lowest BCUT2D eigenvalue weighted by atomic mass is 9.77. The molecule has 0 aromatic carbocycles. The molecule has 0 unspecified atom stereocenters. The Labute approximate surface area is 158 Å². The number of carbonyl (C=O) groups excluding carboxylic acids is 2. The summed E-state index contributed by atoms with van der Waals surface area (Å²) in [6.07, 6.45) is 6.62. The minimum atomic E-state index is -0.503. The molecule has 27 heavy (non-hydrogen) atoms. The number of pyridine rings is 1. The van der Waals surface area contributed by atoms with E-state index in [2.05, 4.69) is 10.3 Å². The summed E-state index contributed by atoms with van der Waals surface area (Å²) in [6, 6.07) is 1.23. The topological polar surface area (TPSA) is 71.5 Å². The van der Waals surface area contributed by atoms with Gasteiger partial charge in [0.1, 0.15) is 5.82 Å². The highest BCUT2D eigenvalue weighted by molar-refractivity contribution is 5.94. The second-order valence-corrected chi connectivity index (χ2v) is 8.22. The summed E-state index contributed by atoms with van der Waals surface area (Å²) in [7, 11) is 0. The molecule has 3 aliphatic rings. The van der Waals surface area contributed by atoms with Gasteiger partial charge in [-0.25, -0.2) is 4.39 Å². The van der Waals surface area contributed by atoms with Gasteiger partial charge in [0.15, 0.2) is 0 Å². The predicted octanol–water partition coefficient (Wildman–Crippen LogP) is 2.00. The van der Waals surface area contributed by atoms with E-state index in [-0.39, 0.29) is 29.5 Å². The minimum absolute atomic E-state index is 0.00152. The Morgan fingerprint density at radius 3 is 2.67 bits per heavy atom. The van der Waals surface area contributed by atoms with Crippen molar-refractivity contribution in [1.82, 2.24) is 15.2 Å². The summed E-state index contributed by atoms with van der Waals surface area (Å²) in [6.45, 7) is 3.57. The molecule has 0 spiro atoms. The van der Waals surface area contributed by atoms with Crippen LogP contribution in [0.4, 0.5) is 4.39 Å². The van der Waals surface area contributed by atoms with Gasteiger partial charge in [-0.2, -0.15) is 0 Å². The second kappa shape index (κ2) is 7.54. The fraction of sp³-hybridized carbons (Fsp3) is 0.650. The lowest BCUT2D eigenvalue weighted by Crippen LogP contribution is -2.50. The summed E-state index contributed by atoms with van der Waals surface area (Å²) in [5.41, 5.74) is 0.286. The molecule has 1 aliphatic heterocycles. The number of rotatable bonds is 5. The Bertz CT molecular complexity index is 724. The summed E-state index contributed by atoms with van der Waals surface area (Å²) < 4.78 is 19.5. The molecule has 2 aliphatic carbocycles. The number of amides is 2. The normalized spacial score (nSPS) is 30.1. The first kappa shape index (κ1) is 18.3. The number of ether oxygens (including phenoxy) is 1. The van der Waals surface area contributed by atoms with Gasteiger partial charge in [-0.15, -0.1) is 0 Å². The quantitative estimate of drug-likeness (QED) is 0.855. The highest BCUT2D eigenvalue weighted by Crippen LogP contribution is 2.39. The maximum Gasteiger partial charge on any atom is 0.255 e. The number of carbonyl (C=O) groups is 2. The number of likely N-dealkylation sites (tertiary alicyclic amines) is 1. The second-order valence-electron chi connectivity index (χ2n) is 8.22. The highest BCUT2D eigenvalue weighted by Gasteiger charge is 2.44. The molecule has 1 aromatic heterocycles. The number of nitrogens with zero attached hydrogens (tertiary/aromatic N) is 2. The van der Waals surface area contributed by atoms with E-state index in [1.807, 2.05) is 0 Å². The molecule has 4 rings (SSSR count). The van der Waals surface area contributed by atoms with E-state index in [4.69, 9.17) is 4.74 Å². The van der Waals surface area contributed by atoms with Crippen LogP contribution in [-0.4, -0.2) is 53.5 Å². The van der Waals surface area contributed by atoms with Crippen molar-refractivity contribution in [1.29, 1.82) is 0 Å². The average Bonchev–Trinajstić information content (AvgIpc) is 3.37. The van der Waals surface area contributed by atoms with Crippen molar-refractivity contribution in [2.24, 2.45) is 17.8 Å². The molecular weight excluding hydrogens is 349 g/mol. The Kier molecular flexibility index (Phi) is 5.12. The molecule has 4 atom stereocenters. The SMILES string of the molecule is CC(=O)N[C@@H]1C[C@@H]2CN(C(=O)c3cncc(F)c3)C[C@@H]2C[C@H]1OCC1CC1. The maximum atomic E-state index is 13.4. The van der Waals surface area contributed by atoms with Gasteiger partial charge in [0.25, 0.3) is 5.91 Å². The van der Waals surface area contributed by atoms with E-state index >= 15 is 0 Å². The Balaban J connectivity index is 1.42. The van der Waals surface area contributed by atoms with Crippen molar-refractivity contribution >= 4 is 11.8 Å². The van der Waals surface area contributed by atoms with Gasteiger partial charge in [0.05, 0.1) is 23.9 Å². The fourth-order valence-corrected chi connectivity index (χ4v) is 4.43. The smallest absolute Gasteiger partial charge is 0.255 e. The van der Waals surface area contributed by atoms with Crippen LogP contribution in [0.25, 0.3) is 0 Å². The van der Waals surface area contributed by atoms with Crippen LogP contribution in [0, 0.1) is 23.6 Å². The zero-order chi connectivity index (χ0) is 19.0. The standard InChI is InChI=1S/C20H26FN3O3/c1-12(25)23-18-5-15-9-24(20(26)14-4-17(21)8-22-7-14)10-16(15)6-19(18)27-11-13-2-3-13/h4,7-8,13,15-16,18-19H,2-3,5-6,9-11H2,1H3,(H,23,25)/t15-,16+,18-,19-/m1/s1. The van der Waals surface area contributed by atoms with Crippen LogP contribution in [-0.2, 0) is 9.53 Å². The predicted molar refractivity (Wildman–Crippen MR) is 96.4 cm³/mol. The van der Waals surface area contributed by atoms with Crippen molar-refractivity contribution < 1.29 is 18.7 Å².